The van der Waals surface area contributed by atoms with E-state index < -0.39 is 33.4 Å². The number of likely N-dealkylation sites (tertiary alicyclic amines) is 1. The number of rotatable bonds is 13. The van der Waals surface area contributed by atoms with Crippen molar-refractivity contribution in [3.05, 3.63) is 90.5 Å². The van der Waals surface area contributed by atoms with Gasteiger partial charge in [0.1, 0.15) is 6.04 Å². The van der Waals surface area contributed by atoms with Crippen molar-refractivity contribution in [2.75, 3.05) is 24.6 Å². The quantitative estimate of drug-likeness (QED) is 0.274. The van der Waals surface area contributed by atoms with Crippen LogP contribution < -0.4 is 4.90 Å². The lowest BCUT2D eigenvalue weighted by Gasteiger charge is -2.40. The molecule has 3 aliphatic heterocycles. The van der Waals surface area contributed by atoms with Crippen molar-refractivity contribution in [3.63, 3.8) is 0 Å². The molecule has 0 radical (unpaired) electrons. The highest BCUT2D eigenvalue weighted by Crippen LogP contribution is 2.72. The normalized spacial score (nSPS) is 27.1. The van der Waals surface area contributed by atoms with Crippen LogP contribution in [-0.4, -0.2) is 73.9 Å². The summed E-state index contributed by atoms with van der Waals surface area (Å²) in [6.07, 6.45) is 5.38. The number of benzene rings is 2. The predicted molar refractivity (Wildman–Crippen MR) is 186 cm³/mol. The maximum absolute atomic E-state index is 15.2. The number of aliphatic hydroxyl groups is 1. The highest BCUT2D eigenvalue weighted by atomic mass is 32.2. The number of aliphatic hydroxyl groups excluding tert-OH is 1. The summed E-state index contributed by atoms with van der Waals surface area (Å²) >= 11 is 1.67. The fourth-order valence-electron chi connectivity index (χ4n) is 8.42. The molecule has 3 aliphatic rings. The van der Waals surface area contributed by atoms with Crippen LogP contribution in [0.2, 0.25) is 0 Å². The Morgan fingerprint density at radius 1 is 1.02 bits per heavy atom. The van der Waals surface area contributed by atoms with Crippen molar-refractivity contribution < 1.29 is 19.5 Å². The predicted octanol–water partition coefficient (Wildman–Crippen LogP) is 5.93. The third-order valence-electron chi connectivity index (χ3n) is 10.2. The van der Waals surface area contributed by atoms with Crippen LogP contribution in [-0.2, 0) is 20.9 Å². The van der Waals surface area contributed by atoms with Crippen LogP contribution in [0.15, 0.2) is 73.8 Å². The minimum atomic E-state index is -0.827. The van der Waals surface area contributed by atoms with Crippen LogP contribution in [0.25, 0.3) is 0 Å². The molecule has 5 rings (SSSR count). The van der Waals surface area contributed by atoms with E-state index in [1.807, 2.05) is 62.4 Å². The first-order chi connectivity index (χ1) is 21.9. The summed E-state index contributed by atoms with van der Waals surface area (Å²) in [5.41, 5.74) is 3.75. The minimum Gasteiger partial charge on any atom is -0.394 e. The minimum absolute atomic E-state index is 0.0752. The van der Waals surface area contributed by atoms with Crippen LogP contribution in [0.1, 0.15) is 56.7 Å². The van der Waals surface area contributed by atoms with Gasteiger partial charge in [0, 0.05) is 30.1 Å². The van der Waals surface area contributed by atoms with E-state index in [2.05, 4.69) is 33.9 Å². The molecule has 0 saturated carbocycles. The van der Waals surface area contributed by atoms with Crippen molar-refractivity contribution >= 4 is 35.2 Å². The van der Waals surface area contributed by atoms with Crippen molar-refractivity contribution in [3.8, 4) is 0 Å². The number of nitrogens with zero attached hydrogens (tertiary/aromatic N) is 3. The van der Waals surface area contributed by atoms with E-state index in [0.717, 1.165) is 28.8 Å². The number of thioether (sulfide) groups is 1. The number of hydrogen-bond donors (Lipinski definition) is 1. The zero-order valence-electron chi connectivity index (χ0n) is 27.9. The second-order valence-electron chi connectivity index (χ2n) is 13.9. The number of carbonyl (C=O) groups is 3. The molecule has 3 fully saturated rings. The Morgan fingerprint density at radius 3 is 2.26 bits per heavy atom. The SMILES string of the molecule is C=CCN(Cc1ccccc1)C(=O)[C@H]1[C@H]2C(=O)N([C@@H](CO)CC(C)C)C(C(=O)N(CC=C)c3c(C)cccc3C)C23CC[C@]1(C)S3. The lowest BCUT2D eigenvalue weighted by molar-refractivity contribution is -0.147. The van der Waals surface area contributed by atoms with Gasteiger partial charge in [0.2, 0.25) is 11.8 Å². The molecule has 246 valence electrons. The molecule has 2 aromatic carbocycles. The zero-order valence-corrected chi connectivity index (χ0v) is 28.8. The van der Waals surface area contributed by atoms with Crippen molar-refractivity contribution in [1.82, 2.24) is 9.80 Å². The molecular weight excluding hydrogens is 595 g/mol. The van der Waals surface area contributed by atoms with E-state index >= 15 is 4.79 Å². The maximum atomic E-state index is 15.2. The van der Waals surface area contributed by atoms with Crippen molar-refractivity contribution in [2.45, 2.75) is 82.0 Å². The highest BCUT2D eigenvalue weighted by Gasteiger charge is 2.78. The summed E-state index contributed by atoms with van der Waals surface area (Å²) in [4.78, 5) is 50.1. The second-order valence-corrected chi connectivity index (χ2v) is 15.8. The molecule has 2 aromatic rings. The topological polar surface area (TPSA) is 81.2 Å². The van der Waals surface area contributed by atoms with E-state index in [9.17, 15) is 14.7 Å². The van der Waals surface area contributed by atoms with Gasteiger partial charge in [-0.3, -0.25) is 14.4 Å². The monoisotopic (exact) mass is 643 g/mol. The van der Waals surface area contributed by atoms with Gasteiger partial charge in [0.05, 0.1) is 29.2 Å². The summed E-state index contributed by atoms with van der Waals surface area (Å²) in [5, 5.41) is 10.8. The molecule has 3 saturated heterocycles. The highest BCUT2D eigenvalue weighted by molar-refractivity contribution is 8.02. The van der Waals surface area contributed by atoms with Gasteiger partial charge in [-0.2, -0.15) is 0 Å². The average molecular weight is 644 g/mol. The molecule has 6 atom stereocenters. The second kappa shape index (κ2) is 13.4. The molecule has 3 amide bonds. The summed E-state index contributed by atoms with van der Waals surface area (Å²) in [7, 11) is 0. The molecule has 7 nitrogen and oxygen atoms in total. The Hall–Kier alpha value is -3.36. The third-order valence-corrected chi connectivity index (χ3v) is 12.2. The number of anilines is 1. The third kappa shape index (κ3) is 5.72. The van der Waals surface area contributed by atoms with Gasteiger partial charge in [-0.25, -0.2) is 0 Å². The van der Waals surface area contributed by atoms with E-state index in [0.29, 0.717) is 25.9 Å². The van der Waals surface area contributed by atoms with Crippen LogP contribution in [0.5, 0.6) is 0 Å². The molecule has 0 aliphatic carbocycles. The molecule has 1 N–H and O–H groups in total. The largest absolute Gasteiger partial charge is 0.394 e. The Morgan fingerprint density at radius 2 is 1.67 bits per heavy atom. The van der Waals surface area contributed by atoms with Crippen LogP contribution in [0.4, 0.5) is 5.69 Å². The van der Waals surface area contributed by atoms with Gasteiger partial charge < -0.3 is 19.8 Å². The van der Waals surface area contributed by atoms with E-state index in [1.54, 1.807) is 38.6 Å². The van der Waals surface area contributed by atoms with E-state index in [4.69, 9.17) is 0 Å². The number of hydrogen-bond acceptors (Lipinski definition) is 5. The summed E-state index contributed by atoms with van der Waals surface area (Å²) in [5.74, 6) is -1.53. The van der Waals surface area contributed by atoms with E-state index in [1.165, 1.54) is 0 Å². The van der Waals surface area contributed by atoms with E-state index in [-0.39, 0.29) is 36.8 Å². The van der Waals surface area contributed by atoms with Gasteiger partial charge in [-0.05, 0) is 62.6 Å². The standard InChI is InChI=1S/C38H49N3O4S/c1-8-20-39(23-28-16-11-10-12-17-28)34(43)30-31-35(44)41(29(24-42)22-25(3)4)33(38(31)19-18-37(30,7)46-38)36(45)40(21-9-2)32-26(5)14-13-15-27(32)6/h8-17,25,29-31,33,42H,1-2,18-24H2,3-7H3/t29-,30-,31+,33?,37+,38?/m1/s1. The van der Waals surface area contributed by atoms with Gasteiger partial charge in [0.25, 0.3) is 5.91 Å². The Bertz CT molecular complexity index is 1470. The maximum Gasteiger partial charge on any atom is 0.251 e. The molecule has 2 bridgehead atoms. The molecule has 46 heavy (non-hydrogen) atoms. The first-order valence-corrected chi connectivity index (χ1v) is 17.3. The molecule has 1 spiro atoms. The van der Waals surface area contributed by atoms with Crippen LogP contribution in [0.3, 0.4) is 0 Å². The van der Waals surface area contributed by atoms with Crippen LogP contribution >= 0.6 is 11.8 Å². The number of para-hydroxylation sites is 1. The summed E-state index contributed by atoms with van der Waals surface area (Å²) in [6, 6.07) is 14.5. The molecule has 3 heterocycles. The van der Waals surface area contributed by atoms with Crippen molar-refractivity contribution in [2.24, 2.45) is 17.8 Å². The summed E-state index contributed by atoms with van der Waals surface area (Å²) in [6.45, 7) is 18.9. The number of amides is 3. The number of aryl methyl sites for hydroxylation is 2. The Balaban J connectivity index is 1.63. The average Bonchev–Trinajstić information content (AvgIpc) is 3.59. The summed E-state index contributed by atoms with van der Waals surface area (Å²) < 4.78 is -1.30. The van der Waals surface area contributed by atoms with Gasteiger partial charge in [-0.15, -0.1) is 24.9 Å². The van der Waals surface area contributed by atoms with Gasteiger partial charge >= 0.3 is 0 Å². The first-order valence-electron chi connectivity index (χ1n) is 16.5. The molecule has 0 aromatic heterocycles. The zero-order chi connectivity index (χ0) is 33.4. The van der Waals surface area contributed by atoms with Gasteiger partial charge in [0.15, 0.2) is 0 Å². The first kappa shape index (κ1) is 34.0. The van der Waals surface area contributed by atoms with Gasteiger partial charge in [-0.1, -0.05) is 74.5 Å². The smallest absolute Gasteiger partial charge is 0.251 e. The fraction of sp³-hybridized carbons (Fsp3) is 0.500. The van der Waals surface area contributed by atoms with Crippen molar-refractivity contribution in [1.29, 1.82) is 0 Å². The molecular formula is C38H49N3O4S. The Labute approximate surface area is 278 Å². The lowest BCUT2D eigenvalue weighted by Crippen LogP contribution is -2.58. The Kier molecular flexibility index (Phi) is 9.90. The fourth-order valence-corrected chi connectivity index (χ4v) is 10.8. The molecule has 8 heteroatoms. The molecule has 2 unspecified atom stereocenters. The number of carbonyl (C=O) groups excluding carboxylic acids is 3. The lowest BCUT2D eigenvalue weighted by atomic mass is 9.66. The number of fused-ring (bicyclic) bond motifs is 1. The van der Waals surface area contributed by atoms with Crippen LogP contribution in [0, 0.1) is 31.6 Å².